The molecule has 110 valence electrons. The number of urea groups is 1. The SMILES string of the molecule is CCC(CC)CNC(=O)N1CCC(CC(=O)O)CC1. The van der Waals surface area contributed by atoms with Gasteiger partial charge in [0.25, 0.3) is 0 Å². The number of carboxylic acid groups (broad SMARTS) is 1. The highest BCUT2D eigenvalue weighted by Crippen LogP contribution is 2.20. The molecule has 0 aromatic heterocycles. The smallest absolute Gasteiger partial charge is 0.317 e. The summed E-state index contributed by atoms with van der Waals surface area (Å²) in [7, 11) is 0. The molecule has 0 unspecified atom stereocenters. The fourth-order valence-corrected chi connectivity index (χ4v) is 2.51. The fraction of sp³-hybridized carbons (Fsp3) is 0.857. The zero-order valence-corrected chi connectivity index (χ0v) is 12.0. The Bertz CT molecular complexity index is 295. The second-order valence-corrected chi connectivity index (χ2v) is 5.40. The number of hydrogen-bond acceptors (Lipinski definition) is 2. The predicted octanol–water partition coefficient (Wildman–Crippen LogP) is 2.32. The number of nitrogens with zero attached hydrogens (tertiary/aromatic N) is 1. The van der Waals surface area contributed by atoms with Crippen LogP contribution in [-0.2, 0) is 4.79 Å². The van der Waals surface area contributed by atoms with Crippen molar-refractivity contribution in [3.8, 4) is 0 Å². The zero-order chi connectivity index (χ0) is 14.3. The van der Waals surface area contributed by atoms with Crippen molar-refractivity contribution in [2.75, 3.05) is 19.6 Å². The van der Waals surface area contributed by atoms with E-state index in [1.54, 1.807) is 4.90 Å². The average Bonchev–Trinajstić information content (AvgIpc) is 2.39. The quantitative estimate of drug-likeness (QED) is 0.778. The van der Waals surface area contributed by atoms with Gasteiger partial charge in [-0.2, -0.15) is 0 Å². The van der Waals surface area contributed by atoms with Crippen molar-refractivity contribution < 1.29 is 14.7 Å². The number of likely N-dealkylation sites (tertiary alicyclic amines) is 1. The maximum Gasteiger partial charge on any atom is 0.317 e. The lowest BCUT2D eigenvalue weighted by atomic mass is 9.94. The molecule has 0 spiro atoms. The Kier molecular flexibility index (Phi) is 6.67. The summed E-state index contributed by atoms with van der Waals surface area (Å²) < 4.78 is 0. The molecule has 0 bridgehead atoms. The predicted molar refractivity (Wildman–Crippen MR) is 74.0 cm³/mol. The van der Waals surface area contributed by atoms with Gasteiger partial charge in [-0.3, -0.25) is 4.79 Å². The molecule has 1 aliphatic rings. The van der Waals surface area contributed by atoms with Gasteiger partial charge in [0.1, 0.15) is 0 Å². The van der Waals surface area contributed by atoms with E-state index >= 15 is 0 Å². The molecule has 1 heterocycles. The second-order valence-electron chi connectivity index (χ2n) is 5.40. The van der Waals surface area contributed by atoms with Crippen LogP contribution in [0.4, 0.5) is 4.79 Å². The second kappa shape index (κ2) is 8.02. The van der Waals surface area contributed by atoms with Crippen LogP contribution >= 0.6 is 0 Å². The number of amides is 2. The molecule has 1 rings (SSSR count). The summed E-state index contributed by atoms with van der Waals surface area (Å²) in [6, 6.07) is 0.000625. The molecule has 0 saturated carbocycles. The van der Waals surface area contributed by atoms with Gasteiger partial charge >= 0.3 is 12.0 Å². The Morgan fingerprint density at radius 1 is 1.26 bits per heavy atom. The third-order valence-electron chi connectivity index (χ3n) is 4.06. The zero-order valence-electron chi connectivity index (χ0n) is 12.0. The van der Waals surface area contributed by atoms with E-state index in [4.69, 9.17) is 5.11 Å². The van der Waals surface area contributed by atoms with Gasteiger partial charge in [0.2, 0.25) is 0 Å². The summed E-state index contributed by atoms with van der Waals surface area (Å²) in [6.45, 7) is 6.36. The molecule has 2 N–H and O–H groups in total. The molecule has 0 aromatic rings. The third kappa shape index (κ3) is 5.49. The first-order chi connectivity index (χ1) is 9.06. The molecule has 1 saturated heterocycles. The summed E-state index contributed by atoms with van der Waals surface area (Å²) in [4.78, 5) is 24.4. The van der Waals surface area contributed by atoms with Crippen molar-refractivity contribution in [2.24, 2.45) is 11.8 Å². The molecule has 1 aliphatic heterocycles. The monoisotopic (exact) mass is 270 g/mol. The van der Waals surface area contributed by atoms with E-state index in [9.17, 15) is 9.59 Å². The number of carboxylic acids is 1. The molecule has 1 fully saturated rings. The van der Waals surface area contributed by atoms with E-state index < -0.39 is 5.97 Å². The van der Waals surface area contributed by atoms with Crippen molar-refractivity contribution >= 4 is 12.0 Å². The van der Waals surface area contributed by atoms with E-state index in [1.807, 2.05) is 0 Å². The van der Waals surface area contributed by atoms with Gasteiger partial charge in [0.05, 0.1) is 0 Å². The molecule has 19 heavy (non-hydrogen) atoms. The average molecular weight is 270 g/mol. The Morgan fingerprint density at radius 3 is 2.32 bits per heavy atom. The van der Waals surface area contributed by atoms with Crippen molar-refractivity contribution in [2.45, 2.75) is 46.0 Å². The minimum absolute atomic E-state index is 0.000625. The Hall–Kier alpha value is -1.26. The molecule has 5 nitrogen and oxygen atoms in total. The molecule has 0 radical (unpaired) electrons. The Balaban J connectivity index is 2.26. The molecule has 0 atom stereocenters. The van der Waals surface area contributed by atoms with Crippen LogP contribution in [0.5, 0.6) is 0 Å². The summed E-state index contributed by atoms with van der Waals surface area (Å²) in [5.74, 6) is 0.0331. The van der Waals surface area contributed by atoms with E-state index in [1.165, 1.54) is 0 Å². The van der Waals surface area contributed by atoms with Crippen molar-refractivity contribution in [1.29, 1.82) is 0 Å². The lowest BCUT2D eigenvalue weighted by Gasteiger charge is -2.31. The third-order valence-corrected chi connectivity index (χ3v) is 4.06. The molecule has 0 aromatic carbocycles. The van der Waals surface area contributed by atoms with Crippen LogP contribution in [0.25, 0.3) is 0 Å². The highest BCUT2D eigenvalue weighted by molar-refractivity contribution is 5.74. The first kappa shape index (κ1) is 15.8. The lowest BCUT2D eigenvalue weighted by molar-refractivity contribution is -0.138. The standard InChI is InChI=1S/C14H26N2O3/c1-3-11(4-2)10-15-14(19)16-7-5-12(6-8-16)9-13(17)18/h11-12H,3-10H2,1-2H3,(H,15,19)(H,17,18). The van der Waals surface area contributed by atoms with Gasteiger partial charge < -0.3 is 15.3 Å². The molecule has 5 heteroatoms. The number of hydrogen-bond donors (Lipinski definition) is 2. The normalized spacial score (nSPS) is 16.7. The van der Waals surface area contributed by atoms with Gasteiger partial charge in [-0.05, 0) is 24.7 Å². The fourth-order valence-electron chi connectivity index (χ4n) is 2.51. The number of aliphatic carboxylic acids is 1. The first-order valence-corrected chi connectivity index (χ1v) is 7.31. The molecule has 2 amide bonds. The van der Waals surface area contributed by atoms with Gasteiger partial charge in [-0.25, -0.2) is 4.79 Å². The van der Waals surface area contributed by atoms with E-state index in [0.29, 0.717) is 19.0 Å². The largest absolute Gasteiger partial charge is 0.481 e. The van der Waals surface area contributed by atoms with Crippen LogP contribution < -0.4 is 5.32 Å². The van der Waals surface area contributed by atoms with Gasteiger partial charge in [-0.15, -0.1) is 0 Å². The number of rotatable bonds is 6. The maximum absolute atomic E-state index is 12.0. The van der Waals surface area contributed by atoms with E-state index in [0.717, 1.165) is 32.2 Å². The van der Waals surface area contributed by atoms with Crippen LogP contribution in [0.15, 0.2) is 0 Å². The number of piperidine rings is 1. The van der Waals surface area contributed by atoms with Crippen LogP contribution in [0.3, 0.4) is 0 Å². The lowest BCUT2D eigenvalue weighted by Crippen LogP contribution is -2.45. The van der Waals surface area contributed by atoms with E-state index in [-0.39, 0.29) is 18.4 Å². The van der Waals surface area contributed by atoms with Crippen LogP contribution in [-0.4, -0.2) is 41.6 Å². The van der Waals surface area contributed by atoms with Crippen LogP contribution in [0.1, 0.15) is 46.0 Å². The van der Waals surface area contributed by atoms with Gasteiger partial charge in [-0.1, -0.05) is 26.7 Å². The highest BCUT2D eigenvalue weighted by Gasteiger charge is 2.24. The minimum atomic E-state index is -0.739. The molecular formula is C14H26N2O3. The number of carbonyl (C=O) groups excluding carboxylic acids is 1. The van der Waals surface area contributed by atoms with Crippen LogP contribution in [0.2, 0.25) is 0 Å². The van der Waals surface area contributed by atoms with E-state index in [2.05, 4.69) is 19.2 Å². The van der Waals surface area contributed by atoms with Gasteiger partial charge in [0.15, 0.2) is 0 Å². The highest BCUT2D eigenvalue weighted by atomic mass is 16.4. The van der Waals surface area contributed by atoms with Crippen molar-refractivity contribution in [3.05, 3.63) is 0 Å². The summed E-state index contributed by atoms with van der Waals surface area (Å²) in [6.07, 6.45) is 3.98. The molecular weight excluding hydrogens is 244 g/mol. The van der Waals surface area contributed by atoms with Gasteiger partial charge in [0, 0.05) is 26.1 Å². The molecule has 0 aliphatic carbocycles. The number of carbonyl (C=O) groups is 2. The van der Waals surface area contributed by atoms with Crippen molar-refractivity contribution in [1.82, 2.24) is 10.2 Å². The summed E-state index contributed by atoms with van der Waals surface area (Å²) >= 11 is 0. The Morgan fingerprint density at radius 2 is 1.84 bits per heavy atom. The van der Waals surface area contributed by atoms with Crippen molar-refractivity contribution in [3.63, 3.8) is 0 Å². The number of nitrogens with one attached hydrogen (secondary N) is 1. The minimum Gasteiger partial charge on any atom is -0.481 e. The summed E-state index contributed by atoms with van der Waals surface area (Å²) in [5.41, 5.74) is 0. The summed E-state index contributed by atoms with van der Waals surface area (Å²) in [5, 5.41) is 11.7. The first-order valence-electron chi connectivity index (χ1n) is 7.31. The maximum atomic E-state index is 12.0. The topological polar surface area (TPSA) is 69.6 Å². The Labute approximate surface area is 115 Å². The van der Waals surface area contributed by atoms with Crippen LogP contribution in [0, 0.1) is 11.8 Å².